The van der Waals surface area contributed by atoms with E-state index in [9.17, 15) is 18.4 Å². The normalized spacial score (nSPS) is 14.0. The fourth-order valence-corrected chi connectivity index (χ4v) is 3.82. The van der Waals surface area contributed by atoms with E-state index in [2.05, 4.69) is 24.5 Å². The van der Waals surface area contributed by atoms with E-state index in [0.29, 0.717) is 12.8 Å². The van der Waals surface area contributed by atoms with Gasteiger partial charge in [-0.25, -0.2) is 8.78 Å². The van der Waals surface area contributed by atoms with Crippen LogP contribution >= 0.6 is 0 Å². The van der Waals surface area contributed by atoms with E-state index in [1.54, 1.807) is 13.8 Å². The number of halogens is 2. The van der Waals surface area contributed by atoms with Gasteiger partial charge in [-0.2, -0.15) is 0 Å². The highest BCUT2D eigenvalue weighted by atomic mass is 19.1. The van der Waals surface area contributed by atoms with Gasteiger partial charge in [-0.1, -0.05) is 97.3 Å². The molecule has 0 aromatic rings. The number of carbonyl (C=O) groups excluding carboxylic acids is 2. The lowest BCUT2D eigenvalue weighted by molar-refractivity contribution is -0.122. The molecule has 0 aromatic heterocycles. The van der Waals surface area contributed by atoms with Crippen LogP contribution in [0.4, 0.5) is 8.78 Å². The third-order valence-electron chi connectivity index (χ3n) is 6.41. The molecule has 0 aliphatic rings. The molecule has 0 saturated carbocycles. The summed E-state index contributed by atoms with van der Waals surface area (Å²) in [6, 6.07) is -1.07. The molecule has 0 aliphatic carbocycles. The van der Waals surface area contributed by atoms with Crippen molar-refractivity contribution in [3.05, 3.63) is 23.8 Å². The molecule has 4 nitrogen and oxygen atoms in total. The Morgan fingerprint density at radius 3 is 1.17 bits per heavy atom. The number of nitrogens with one attached hydrogen (secondary N) is 2. The van der Waals surface area contributed by atoms with E-state index in [0.717, 1.165) is 38.5 Å². The van der Waals surface area contributed by atoms with E-state index in [4.69, 9.17) is 0 Å². The number of hydrogen-bond donors (Lipinski definition) is 2. The van der Waals surface area contributed by atoms with Crippen molar-refractivity contribution in [2.45, 2.75) is 149 Å². The van der Waals surface area contributed by atoms with Gasteiger partial charge in [0.2, 0.25) is 0 Å². The van der Waals surface area contributed by atoms with Gasteiger partial charge >= 0.3 is 0 Å². The van der Waals surface area contributed by atoms with Crippen molar-refractivity contribution in [2.75, 3.05) is 0 Å². The summed E-state index contributed by atoms with van der Waals surface area (Å²) in [6.07, 6.45) is 21.0. The first-order chi connectivity index (χ1) is 16.8. The lowest BCUT2D eigenvalue weighted by atomic mass is 10.1. The van der Waals surface area contributed by atoms with Crippen molar-refractivity contribution >= 4 is 11.8 Å². The number of unbranched alkanes of at least 4 members (excludes halogenated alkanes) is 15. The first kappa shape index (κ1) is 33.3. The second-order valence-corrected chi connectivity index (χ2v) is 9.80. The monoisotopic (exact) mass is 498 g/mol. The van der Waals surface area contributed by atoms with E-state index in [1.165, 1.54) is 69.9 Å². The van der Waals surface area contributed by atoms with Crippen LogP contribution in [0.5, 0.6) is 0 Å². The lowest BCUT2D eigenvalue weighted by Crippen LogP contribution is -2.48. The van der Waals surface area contributed by atoms with Crippen LogP contribution in [0.15, 0.2) is 23.8 Å². The molecule has 0 radical (unpaired) electrons. The summed E-state index contributed by atoms with van der Waals surface area (Å²) in [7, 11) is 0. The zero-order chi connectivity index (χ0) is 26.3. The molecule has 2 N–H and O–H groups in total. The van der Waals surface area contributed by atoms with Crippen molar-refractivity contribution in [2.24, 2.45) is 0 Å². The molecule has 0 fully saturated rings. The summed E-state index contributed by atoms with van der Waals surface area (Å²) in [4.78, 5) is 24.1. The van der Waals surface area contributed by atoms with Crippen LogP contribution in [0.3, 0.4) is 0 Å². The summed E-state index contributed by atoms with van der Waals surface area (Å²) in [6.45, 7) is 7.71. The predicted octanol–water partition coefficient (Wildman–Crippen LogP) is 8.37. The minimum atomic E-state index is -0.808. The average molecular weight is 499 g/mol. The minimum Gasteiger partial charge on any atom is -0.346 e. The number of amides is 2. The Labute approximate surface area is 213 Å². The summed E-state index contributed by atoms with van der Waals surface area (Å²) >= 11 is 0. The molecule has 0 aliphatic heterocycles. The zero-order valence-corrected chi connectivity index (χ0v) is 22.9. The molecule has 0 saturated heterocycles. The van der Waals surface area contributed by atoms with Crippen LogP contribution in [0, 0.1) is 0 Å². The second-order valence-electron chi connectivity index (χ2n) is 9.80. The fourth-order valence-electron chi connectivity index (χ4n) is 3.82. The molecule has 0 aromatic carbocycles. The molecular weight excluding hydrogens is 446 g/mol. The van der Waals surface area contributed by atoms with Gasteiger partial charge < -0.3 is 10.6 Å². The number of hydrogen-bond acceptors (Lipinski definition) is 2. The van der Waals surface area contributed by atoms with Gasteiger partial charge in [0, 0.05) is 12.1 Å². The molecule has 35 heavy (non-hydrogen) atoms. The maximum absolute atomic E-state index is 14.1. The summed E-state index contributed by atoms with van der Waals surface area (Å²) in [5.74, 6) is -3.21. The van der Waals surface area contributed by atoms with Gasteiger partial charge in [0.15, 0.2) is 11.7 Å². The van der Waals surface area contributed by atoms with Crippen LogP contribution in [-0.2, 0) is 9.59 Å². The lowest BCUT2D eigenvalue weighted by Gasteiger charge is -2.21. The zero-order valence-electron chi connectivity index (χ0n) is 22.9. The number of allylic oxidation sites excluding steroid dienone is 2. The van der Waals surface area contributed by atoms with Crippen LogP contribution in [-0.4, -0.2) is 23.9 Å². The van der Waals surface area contributed by atoms with Gasteiger partial charge in [-0.05, 0) is 51.7 Å². The van der Waals surface area contributed by atoms with Crippen LogP contribution < -0.4 is 10.6 Å². The third-order valence-corrected chi connectivity index (χ3v) is 6.41. The van der Waals surface area contributed by atoms with Crippen molar-refractivity contribution in [1.29, 1.82) is 0 Å². The summed E-state index contributed by atoms with van der Waals surface area (Å²) < 4.78 is 28.2. The van der Waals surface area contributed by atoms with Crippen LogP contribution in [0.25, 0.3) is 0 Å². The molecule has 6 heteroatoms. The minimum absolute atomic E-state index is 0.530. The standard InChI is InChI=1S/C29H52F2N2O2/c1-5-7-9-11-13-15-17-19-21-23-27(31)29(35)33-25(4)24(3)32-28(34)26(30)22-20-18-16-14-12-10-8-6-2/h22-25H,5-21H2,1-4H3,(H,32,34)(H,33,35). The first-order valence-corrected chi connectivity index (χ1v) is 14.2. The summed E-state index contributed by atoms with van der Waals surface area (Å²) in [5, 5.41) is 5.09. The Hall–Kier alpha value is -1.72. The first-order valence-electron chi connectivity index (χ1n) is 14.2. The van der Waals surface area contributed by atoms with Crippen molar-refractivity contribution in [1.82, 2.24) is 10.6 Å². The van der Waals surface area contributed by atoms with Gasteiger partial charge in [0.1, 0.15) is 0 Å². The Morgan fingerprint density at radius 2 is 0.857 bits per heavy atom. The molecule has 0 rings (SSSR count). The Morgan fingerprint density at radius 1 is 0.571 bits per heavy atom. The maximum atomic E-state index is 14.1. The quantitative estimate of drug-likeness (QED) is 0.116. The molecule has 204 valence electrons. The molecule has 0 heterocycles. The highest BCUT2D eigenvalue weighted by Crippen LogP contribution is 2.12. The molecule has 0 spiro atoms. The van der Waals surface area contributed by atoms with E-state index in [1.807, 2.05) is 0 Å². The van der Waals surface area contributed by atoms with Gasteiger partial charge in [0.05, 0.1) is 0 Å². The smallest absolute Gasteiger partial charge is 0.279 e. The van der Waals surface area contributed by atoms with Crippen molar-refractivity contribution in [3.8, 4) is 0 Å². The third kappa shape index (κ3) is 19.2. The Kier molecular flexibility index (Phi) is 21.6. The maximum Gasteiger partial charge on any atom is 0.279 e. The van der Waals surface area contributed by atoms with Gasteiger partial charge in [-0.15, -0.1) is 0 Å². The van der Waals surface area contributed by atoms with E-state index >= 15 is 0 Å². The van der Waals surface area contributed by atoms with Gasteiger partial charge in [-0.3, -0.25) is 9.59 Å². The van der Waals surface area contributed by atoms with Crippen molar-refractivity contribution in [3.63, 3.8) is 0 Å². The van der Waals surface area contributed by atoms with Crippen LogP contribution in [0.1, 0.15) is 137 Å². The number of rotatable bonds is 22. The van der Waals surface area contributed by atoms with E-state index in [-0.39, 0.29) is 0 Å². The molecule has 2 unspecified atom stereocenters. The molecule has 2 amide bonds. The highest BCUT2D eigenvalue weighted by molar-refractivity contribution is 5.92. The van der Waals surface area contributed by atoms with Crippen LogP contribution in [0.2, 0.25) is 0 Å². The summed E-state index contributed by atoms with van der Waals surface area (Å²) in [5.41, 5.74) is 0. The molecule has 2 atom stereocenters. The average Bonchev–Trinajstić information content (AvgIpc) is 2.84. The topological polar surface area (TPSA) is 58.2 Å². The largest absolute Gasteiger partial charge is 0.346 e. The second kappa shape index (κ2) is 22.7. The predicted molar refractivity (Wildman–Crippen MR) is 143 cm³/mol. The fraction of sp³-hybridized carbons (Fsp3) is 0.793. The van der Waals surface area contributed by atoms with E-state index < -0.39 is 35.6 Å². The van der Waals surface area contributed by atoms with Crippen molar-refractivity contribution < 1.29 is 18.4 Å². The molecular formula is C29H52F2N2O2. The SMILES string of the molecule is CCCCCCCCCC=C(F)C(=O)NC(C)C(C)NC(=O)C(F)=CCCCCCCCCCC. The Balaban J connectivity index is 4.13. The number of carbonyl (C=O) groups is 2. The van der Waals surface area contributed by atoms with Gasteiger partial charge in [0.25, 0.3) is 11.8 Å². The highest BCUT2D eigenvalue weighted by Gasteiger charge is 2.20. The Bertz CT molecular complexity index is 620. The molecule has 0 bridgehead atoms.